The van der Waals surface area contributed by atoms with E-state index in [-0.39, 0.29) is 6.10 Å². The number of hydrogen-bond donors (Lipinski definition) is 1. The van der Waals surface area contributed by atoms with Crippen molar-refractivity contribution in [1.29, 1.82) is 0 Å². The number of ether oxygens (including phenoxy) is 1. The minimum atomic E-state index is 0.107. The average Bonchev–Trinajstić information content (AvgIpc) is 2.53. The molecule has 0 bridgehead atoms. The van der Waals surface area contributed by atoms with Gasteiger partial charge in [0.05, 0.1) is 6.54 Å². The van der Waals surface area contributed by atoms with Crippen LogP contribution in [0.15, 0.2) is 36.4 Å². The van der Waals surface area contributed by atoms with Gasteiger partial charge in [-0.3, -0.25) is 0 Å². The highest BCUT2D eigenvalue weighted by Crippen LogP contribution is 2.29. The molecule has 2 aromatic carbocycles. The maximum absolute atomic E-state index is 6.23. The summed E-state index contributed by atoms with van der Waals surface area (Å²) in [7, 11) is 0. The number of nitrogens with one attached hydrogen (secondary N) is 1. The molecule has 0 aliphatic heterocycles. The van der Waals surface area contributed by atoms with Gasteiger partial charge in [0.25, 0.3) is 0 Å². The Balaban J connectivity index is 2.04. The molecule has 0 fully saturated rings. The molecule has 2 rings (SSSR count). The van der Waals surface area contributed by atoms with Crippen molar-refractivity contribution in [3.63, 3.8) is 0 Å². The van der Waals surface area contributed by atoms with Crippen LogP contribution in [0.2, 0.25) is 0 Å². The van der Waals surface area contributed by atoms with Crippen molar-refractivity contribution in [3.8, 4) is 5.75 Å². The molecule has 1 N–H and O–H groups in total. The lowest BCUT2D eigenvalue weighted by Gasteiger charge is -2.22. The van der Waals surface area contributed by atoms with Crippen LogP contribution in [0.5, 0.6) is 5.75 Å². The predicted molar refractivity (Wildman–Crippen MR) is 104 cm³/mol. The third-order valence-electron chi connectivity index (χ3n) is 4.63. The Bertz CT molecular complexity index is 654. The van der Waals surface area contributed by atoms with Crippen molar-refractivity contribution in [1.82, 2.24) is 0 Å². The van der Waals surface area contributed by atoms with Crippen molar-refractivity contribution in [2.45, 2.75) is 60.0 Å². The molecule has 0 spiro atoms. The first kappa shape index (κ1) is 18.4. The summed E-state index contributed by atoms with van der Waals surface area (Å²) in [4.78, 5) is 0. The van der Waals surface area contributed by atoms with E-state index in [1.807, 2.05) is 0 Å². The number of benzene rings is 2. The van der Waals surface area contributed by atoms with Gasteiger partial charge in [0.2, 0.25) is 0 Å². The van der Waals surface area contributed by atoms with Crippen LogP contribution in [0.1, 0.15) is 55.4 Å². The quantitative estimate of drug-likeness (QED) is 0.673. The van der Waals surface area contributed by atoms with Gasteiger partial charge in [-0.05, 0) is 62.8 Å². The van der Waals surface area contributed by atoms with Crippen molar-refractivity contribution < 1.29 is 4.74 Å². The maximum atomic E-state index is 6.23. The van der Waals surface area contributed by atoms with Crippen LogP contribution in [-0.2, 0) is 0 Å². The molecule has 0 aromatic heterocycles. The van der Waals surface area contributed by atoms with Gasteiger partial charge >= 0.3 is 0 Å². The molecule has 0 amide bonds. The Hall–Kier alpha value is -1.96. The average molecular weight is 325 g/mol. The van der Waals surface area contributed by atoms with Crippen molar-refractivity contribution in [2.24, 2.45) is 0 Å². The summed E-state index contributed by atoms with van der Waals surface area (Å²) in [6, 6.07) is 12.8. The molecule has 0 saturated carbocycles. The number of aryl methyl sites for hydroxylation is 3. The Morgan fingerprint density at radius 3 is 2.25 bits per heavy atom. The monoisotopic (exact) mass is 325 g/mol. The van der Waals surface area contributed by atoms with Gasteiger partial charge in [-0.15, -0.1) is 0 Å². The lowest BCUT2D eigenvalue weighted by atomic mass is 9.98. The van der Waals surface area contributed by atoms with Crippen LogP contribution in [0.3, 0.4) is 0 Å². The minimum absolute atomic E-state index is 0.107. The van der Waals surface area contributed by atoms with Gasteiger partial charge in [-0.2, -0.15) is 0 Å². The fourth-order valence-electron chi connectivity index (χ4n) is 3.18. The van der Waals surface area contributed by atoms with Gasteiger partial charge in [0.15, 0.2) is 0 Å². The highest BCUT2D eigenvalue weighted by atomic mass is 16.5. The van der Waals surface area contributed by atoms with E-state index in [0.29, 0.717) is 5.92 Å². The van der Waals surface area contributed by atoms with Crippen LogP contribution in [0.4, 0.5) is 5.69 Å². The fourth-order valence-corrected chi connectivity index (χ4v) is 3.18. The van der Waals surface area contributed by atoms with Crippen LogP contribution < -0.4 is 10.1 Å². The molecule has 2 aromatic rings. The summed E-state index contributed by atoms with van der Waals surface area (Å²) in [6.07, 6.45) is 1.23. The third-order valence-corrected chi connectivity index (χ3v) is 4.63. The summed E-state index contributed by atoms with van der Waals surface area (Å²) < 4.78 is 6.23. The first-order valence-corrected chi connectivity index (χ1v) is 8.99. The Kier molecular flexibility index (Phi) is 6.30. The van der Waals surface area contributed by atoms with Gasteiger partial charge in [-0.25, -0.2) is 0 Å². The summed E-state index contributed by atoms with van der Waals surface area (Å²) in [5.74, 6) is 1.53. The molecule has 0 unspecified atom stereocenters. The van der Waals surface area contributed by atoms with E-state index >= 15 is 0 Å². The molecule has 0 saturated heterocycles. The molecule has 0 heterocycles. The van der Waals surface area contributed by atoms with Crippen LogP contribution in [0.25, 0.3) is 0 Å². The highest BCUT2D eigenvalue weighted by molar-refractivity contribution is 5.58. The summed E-state index contributed by atoms with van der Waals surface area (Å²) in [6.45, 7) is 13.8. The lowest BCUT2D eigenvalue weighted by molar-refractivity contribution is 0.231. The van der Waals surface area contributed by atoms with Gasteiger partial charge in [-0.1, -0.05) is 49.7 Å². The zero-order valence-electron chi connectivity index (χ0n) is 15.9. The normalized spacial score (nSPS) is 13.4. The molecular formula is C22H31NO. The van der Waals surface area contributed by atoms with E-state index in [0.717, 1.165) is 18.7 Å². The highest BCUT2D eigenvalue weighted by Gasteiger charge is 2.13. The van der Waals surface area contributed by atoms with Gasteiger partial charge in [0, 0.05) is 5.69 Å². The lowest BCUT2D eigenvalue weighted by Crippen LogP contribution is -2.24. The zero-order chi connectivity index (χ0) is 17.7. The van der Waals surface area contributed by atoms with E-state index in [2.05, 4.69) is 83.3 Å². The Morgan fingerprint density at radius 1 is 1.00 bits per heavy atom. The van der Waals surface area contributed by atoms with Crippen LogP contribution in [-0.4, -0.2) is 12.6 Å². The SMILES string of the molecule is CC[C@@H](C)c1ccccc1O[C@H](C)CNc1c(C)cc(C)cc1C. The second-order valence-corrected chi connectivity index (χ2v) is 6.93. The van der Waals surface area contributed by atoms with Gasteiger partial charge in [0.1, 0.15) is 11.9 Å². The molecule has 0 aliphatic rings. The number of rotatable bonds is 7. The minimum Gasteiger partial charge on any atom is -0.489 e. The van der Waals surface area contributed by atoms with E-state index in [4.69, 9.17) is 4.74 Å². The van der Waals surface area contributed by atoms with E-state index in [1.54, 1.807) is 0 Å². The third kappa shape index (κ3) is 4.53. The fraction of sp³-hybridized carbons (Fsp3) is 0.455. The first-order chi connectivity index (χ1) is 11.4. The summed E-state index contributed by atoms with van der Waals surface area (Å²) in [5, 5.41) is 3.57. The molecule has 2 atom stereocenters. The number of hydrogen-bond acceptors (Lipinski definition) is 2. The molecule has 24 heavy (non-hydrogen) atoms. The molecule has 2 nitrogen and oxygen atoms in total. The molecule has 0 radical (unpaired) electrons. The van der Waals surface area contributed by atoms with E-state index < -0.39 is 0 Å². The smallest absolute Gasteiger partial charge is 0.123 e. The predicted octanol–water partition coefficient (Wildman–Crippen LogP) is 6.00. The summed E-state index contributed by atoms with van der Waals surface area (Å²) in [5.41, 5.74) is 6.42. The van der Waals surface area contributed by atoms with Crippen LogP contribution in [0, 0.1) is 20.8 Å². The number of para-hydroxylation sites is 1. The maximum Gasteiger partial charge on any atom is 0.123 e. The molecular weight excluding hydrogens is 294 g/mol. The van der Waals surface area contributed by atoms with Gasteiger partial charge < -0.3 is 10.1 Å². The second kappa shape index (κ2) is 8.23. The molecule has 130 valence electrons. The standard InChI is InChI=1S/C22H31NO/c1-7-16(3)20-10-8-9-11-21(20)24-19(6)14-23-22-17(4)12-15(2)13-18(22)5/h8-13,16,19,23H,7,14H2,1-6H3/t16-,19-/m1/s1. The van der Waals surface area contributed by atoms with Crippen LogP contribution >= 0.6 is 0 Å². The van der Waals surface area contributed by atoms with E-state index in [9.17, 15) is 0 Å². The Morgan fingerprint density at radius 2 is 1.62 bits per heavy atom. The molecule has 0 aliphatic carbocycles. The largest absolute Gasteiger partial charge is 0.489 e. The Labute approximate surface area is 147 Å². The second-order valence-electron chi connectivity index (χ2n) is 6.93. The summed E-state index contributed by atoms with van der Waals surface area (Å²) >= 11 is 0. The number of anilines is 1. The zero-order valence-corrected chi connectivity index (χ0v) is 15.9. The van der Waals surface area contributed by atoms with Crippen molar-refractivity contribution in [3.05, 3.63) is 58.7 Å². The topological polar surface area (TPSA) is 21.3 Å². The van der Waals surface area contributed by atoms with E-state index in [1.165, 1.54) is 27.9 Å². The van der Waals surface area contributed by atoms with Crippen molar-refractivity contribution in [2.75, 3.05) is 11.9 Å². The molecule has 2 heteroatoms. The first-order valence-electron chi connectivity index (χ1n) is 8.99. The van der Waals surface area contributed by atoms with Crippen molar-refractivity contribution >= 4 is 5.69 Å².